The Morgan fingerprint density at radius 2 is 1.75 bits per heavy atom. The maximum Gasteiger partial charge on any atom is 0.142 e. The molecular formula is C7H5I2NOS. The van der Waals surface area contributed by atoms with E-state index in [1.54, 1.807) is 12.1 Å². The number of rotatable bonds is 1. The highest BCUT2D eigenvalue weighted by Gasteiger charge is 2.06. The molecule has 64 valence electrons. The number of phenols is 1. The number of hydrogen-bond acceptors (Lipinski definition) is 2. The molecule has 0 saturated carbocycles. The summed E-state index contributed by atoms with van der Waals surface area (Å²) in [4.78, 5) is 0.353. The number of benzene rings is 1. The van der Waals surface area contributed by atoms with Gasteiger partial charge in [0.25, 0.3) is 0 Å². The van der Waals surface area contributed by atoms with Gasteiger partial charge in [0.05, 0.1) is 7.14 Å². The van der Waals surface area contributed by atoms with Crippen LogP contribution in [-0.4, -0.2) is 10.1 Å². The van der Waals surface area contributed by atoms with Crippen molar-refractivity contribution < 1.29 is 5.11 Å². The minimum atomic E-state index is 0.288. The first-order valence-corrected chi connectivity index (χ1v) is 5.56. The van der Waals surface area contributed by atoms with E-state index in [9.17, 15) is 5.11 Å². The first-order valence-electron chi connectivity index (χ1n) is 3.00. The lowest BCUT2D eigenvalue weighted by atomic mass is 10.2. The molecule has 0 aromatic heterocycles. The van der Waals surface area contributed by atoms with E-state index in [4.69, 9.17) is 18.0 Å². The normalized spacial score (nSPS) is 9.83. The predicted octanol–water partition coefficient (Wildman–Crippen LogP) is 2.24. The third kappa shape index (κ3) is 2.19. The van der Waals surface area contributed by atoms with E-state index in [2.05, 4.69) is 0 Å². The molecule has 0 aliphatic carbocycles. The summed E-state index contributed by atoms with van der Waals surface area (Å²) in [5.41, 5.74) is 6.23. The molecule has 0 fully saturated rings. The second kappa shape index (κ2) is 4.05. The number of hydrogen-bond donors (Lipinski definition) is 2. The lowest BCUT2D eigenvalue weighted by Crippen LogP contribution is -2.09. The number of thiocarbonyl (C=S) groups is 1. The van der Waals surface area contributed by atoms with Crippen LogP contribution in [-0.2, 0) is 0 Å². The molecule has 0 aliphatic rings. The standard InChI is InChI=1S/C7H5I2NOS/c8-4-1-3(7(10)12)2-5(9)6(4)11/h1-2,11H,(H2,10,12). The van der Waals surface area contributed by atoms with E-state index in [1.807, 2.05) is 45.2 Å². The van der Waals surface area contributed by atoms with E-state index in [0.29, 0.717) is 4.99 Å². The molecule has 5 heteroatoms. The quantitative estimate of drug-likeness (QED) is 0.557. The van der Waals surface area contributed by atoms with Crippen molar-refractivity contribution >= 4 is 62.4 Å². The highest BCUT2D eigenvalue weighted by molar-refractivity contribution is 14.1. The van der Waals surface area contributed by atoms with Crippen molar-refractivity contribution in [3.63, 3.8) is 0 Å². The molecule has 1 rings (SSSR count). The first kappa shape index (κ1) is 10.5. The number of aromatic hydroxyl groups is 1. The fourth-order valence-electron chi connectivity index (χ4n) is 0.708. The molecule has 0 bridgehead atoms. The van der Waals surface area contributed by atoms with E-state index in [1.165, 1.54) is 0 Å². The van der Waals surface area contributed by atoms with Gasteiger partial charge in [-0.3, -0.25) is 0 Å². The molecule has 3 N–H and O–H groups in total. The monoisotopic (exact) mass is 405 g/mol. The topological polar surface area (TPSA) is 46.2 Å². The summed E-state index contributed by atoms with van der Waals surface area (Å²) in [5, 5.41) is 9.41. The Kier molecular flexibility index (Phi) is 3.53. The Hall–Kier alpha value is 0.370. The number of nitrogens with two attached hydrogens (primary N) is 1. The molecule has 0 amide bonds. The molecule has 2 nitrogen and oxygen atoms in total. The fourth-order valence-corrected chi connectivity index (χ4v) is 2.59. The van der Waals surface area contributed by atoms with Crippen LogP contribution in [0.3, 0.4) is 0 Å². The van der Waals surface area contributed by atoms with Gasteiger partial charge in [0, 0.05) is 5.56 Å². The predicted molar refractivity (Wildman–Crippen MR) is 69.4 cm³/mol. The smallest absolute Gasteiger partial charge is 0.142 e. The van der Waals surface area contributed by atoms with Crippen molar-refractivity contribution in [2.75, 3.05) is 0 Å². The molecule has 0 heterocycles. The Bertz CT molecular complexity index is 317. The van der Waals surface area contributed by atoms with Crippen LogP contribution >= 0.6 is 57.4 Å². The number of phenolic OH excluding ortho intramolecular Hbond substituents is 1. The second-order valence-electron chi connectivity index (χ2n) is 2.15. The van der Waals surface area contributed by atoms with Crippen molar-refractivity contribution in [1.29, 1.82) is 0 Å². The Balaban J connectivity index is 3.31. The molecule has 0 spiro atoms. The summed E-state index contributed by atoms with van der Waals surface area (Å²) in [6.07, 6.45) is 0. The molecule has 1 aromatic rings. The first-order chi connectivity index (χ1) is 5.52. The van der Waals surface area contributed by atoms with Crippen LogP contribution in [0.25, 0.3) is 0 Å². The van der Waals surface area contributed by atoms with Crippen LogP contribution in [0, 0.1) is 7.14 Å². The summed E-state index contributed by atoms with van der Waals surface area (Å²) in [7, 11) is 0. The van der Waals surface area contributed by atoms with Gasteiger partial charge < -0.3 is 10.8 Å². The van der Waals surface area contributed by atoms with Gasteiger partial charge in [-0.1, -0.05) is 12.2 Å². The molecule has 0 saturated heterocycles. The minimum Gasteiger partial charge on any atom is -0.506 e. The van der Waals surface area contributed by atoms with E-state index in [0.717, 1.165) is 12.7 Å². The molecule has 0 unspecified atom stereocenters. The summed E-state index contributed by atoms with van der Waals surface area (Å²) in [5.74, 6) is 0.288. The van der Waals surface area contributed by atoms with E-state index in [-0.39, 0.29) is 5.75 Å². The maximum absolute atomic E-state index is 9.41. The zero-order valence-corrected chi connectivity index (χ0v) is 11.0. The fraction of sp³-hybridized carbons (Fsp3) is 0. The highest BCUT2D eigenvalue weighted by atomic mass is 127. The highest BCUT2D eigenvalue weighted by Crippen LogP contribution is 2.27. The average molecular weight is 405 g/mol. The molecule has 12 heavy (non-hydrogen) atoms. The van der Waals surface area contributed by atoms with Crippen molar-refractivity contribution in [3.8, 4) is 5.75 Å². The van der Waals surface area contributed by atoms with Crippen LogP contribution in [0.15, 0.2) is 12.1 Å². The van der Waals surface area contributed by atoms with Gasteiger partial charge >= 0.3 is 0 Å². The van der Waals surface area contributed by atoms with Crippen LogP contribution in [0.4, 0.5) is 0 Å². The lowest BCUT2D eigenvalue weighted by Gasteiger charge is -2.03. The van der Waals surface area contributed by atoms with Crippen molar-refractivity contribution in [2.45, 2.75) is 0 Å². The van der Waals surface area contributed by atoms with Crippen LogP contribution in [0.5, 0.6) is 5.75 Å². The van der Waals surface area contributed by atoms with Crippen LogP contribution < -0.4 is 5.73 Å². The lowest BCUT2D eigenvalue weighted by molar-refractivity contribution is 0.467. The molecule has 0 aliphatic heterocycles. The molecule has 0 radical (unpaired) electrons. The zero-order chi connectivity index (χ0) is 9.30. The third-order valence-electron chi connectivity index (χ3n) is 1.30. The zero-order valence-electron chi connectivity index (χ0n) is 5.84. The number of halogens is 2. The second-order valence-corrected chi connectivity index (χ2v) is 4.92. The van der Waals surface area contributed by atoms with Crippen molar-refractivity contribution in [2.24, 2.45) is 5.73 Å². The molecule has 1 aromatic carbocycles. The van der Waals surface area contributed by atoms with Gasteiger partial charge in [-0.2, -0.15) is 0 Å². The summed E-state index contributed by atoms with van der Waals surface area (Å²) < 4.78 is 1.53. The average Bonchev–Trinajstić information content (AvgIpc) is 1.99. The van der Waals surface area contributed by atoms with Crippen molar-refractivity contribution in [3.05, 3.63) is 24.8 Å². The summed E-state index contributed by atoms with van der Waals surface area (Å²) >= 11 is 8.89. The summed E-state index contributed by atoms with van der Waals surface area (Å²) in [6.45, 7) is 0. The minimum absolute atomic E-state index is 0.288. The van der Waals surface area contributed by atoms with Gasteiger partial charge in [-0.05, 0) is 57.3 Å². The SMILES string of the molecule is NC(=S)c1cc(I)c(O)c(I)c1. The summed E-state index contributed by atoms with van der Waals surface area (Å²) in [6, 6.07) is 3.53. The maximum atomic E-state index is 9.41. The van der Waals surface area contributed by atoms with Gasteiger partial charge in [0.15, 0.2) is 0 Å². The largest absolute Gasteiger partial charge is 0.506 e. The van der Waals surface area contributed by atoms with Crippen molar-refractivity contribution in [1.82, 2.24) is 0 Å². The van der Waals surface area contributed by atoms with E-state index < -0.39 is 0 Å². The Morgan fingerprint density at radius 3 is 2.08 bits per heavy atom. The Labute approximate surface area is 103 Å². The van der Waals surface area contributed by atoms with E-state index >= 15 is 0 Å². The third-order valence-corrected chi connectivity index (χ3v) is 3.18. The van der Waals surface area contributed by atoms with Gasteiger partial charge in [0.1, 0.15) is 10.7 Å². The van der Waals surface area contributed by atoms with Crippen LogP contribution in [0.1, 0.15) is 5.56 Å². The van der Waals surface area contributed by atoms with Gasteiger partial charge in [0.2, 0.25) is 0 Å². The molecular weight excluding hydrogens is 400 g/mol. The van der Waals surface area contributed by atoms with Gasteiger partial charge in [-0.15, -0.1) is 0 Å². The van der Waals surface area contributed by atoms with Gasteiger partial charge in [-0.25, -0.2) is 0 Å². The molecule has 0 atom stereocenters. The van der Waals surface area contributed by atoms with Crippen LogP contribution in [0.2, 0.25) is 0 Å². The Morgan fingerprint density at radius 1 is 1.33 bits per heavy atom.